The molecule has 36 heavy (non-hydrogen) atoms. The normalized spacial score (nSPS) is 21.8. The zero-order valence-electron chi connectivity index (χ0n) is 18.9. The minimum atomic E-state index is -4.88. The molecule has 2 aliphatic rings. The quantitative estimate of drug-likeness (QED) is 0.516. The van der Waals surface area contributed by atoms with Crippen LogP contribution < -0.4 is 19.1 Å². The molecule has 0 saturated heterocycles. The van der Waals surface area contributed by atoms with Crippen LogP contribution >= 0.6 is 0 Å². The smallest absolute Gasteiger partial charge is 0.487 e. The number of sulfonamides is 1. The third-order valence-electron chi connectivity index (χ3n) is 6.34. The molecule has 3 aromatic rings. The molecular formula is C25H23F3N2O5S. The monoisotopic (exact) mass is 520 g/mol. The summed E-state index contributed by atoms with van der Waals surface area (Å²) >= 11 is 0. The average Bonchev–Trinajstić information content (AvgIpc) is 3.08. The van der Waals surface area contributed by atoms with Crippen LogP contribution in [0.5, 0.6) is 11.5 Å². The van der Waals surface area contributed by atoms with Crippen molar-refractivity contribution in [2.24, 2.45) is 0 Å². The van der Waals surface area contributed by atoms with Gasteiger partial charge in [-0.25, -0.2) is 13.1 Å². The number of anilines is 2. The summed E-state index contributed by atoms with van der Waals surface area (Å²) in [5.41, 5.74) is 2.58. The van der Waals surface area contributed by atoms with Crippen molar-refractivity contribution in [3.63, 3.8) is 0 Å². The first-order chi connectivity index (χ1) is 17.1. The SMILES string of the molecule is O=S(=O)(N[C@@H]1CC[C@H](N2c3ccccc3COc3ccccc32)[C@H]1O)c1ccc(OC(F)(F)F)cc1. The van der Waals surface area contributed by atoms with Crippen LogP contribution in [0.3, 0.4) is 0 Å². The van der Waals surface area contributed by atoms with E-state index in [-0.39, 0.29) is 4.90 Å². The molecule has 0 unspecified atom stereocenters. The molecule has 1 saturated carbocycles. The Morgan fingerprint density at radius 1 is 0.944 bits per heavy atom. The Morgan fingerprint density at radius 3 is 2.33 bits per heavy atom. The fourth-order valence-electron chi connectivity index (χ4n) is 4.75. The van der Waals surface area contributed by atoms with Crippen LogP contribution in [0, 0.1) is 0 Å². The lowest BCUT2D eigenvalue weighted by Gasteiger charge is -2.34. The maximum atomic E-state index is 12.9. The van der Waals surface area contributed by atoms with E-state index in [9.17, 15) is 26.7 Å². The molecule has 11 heteroatoms. The summed E-state index contributed by atoms with van der Waals surface area (Å²) in [6, 6.07) is 17.8. The molecule has 2 N–H and O–H groups in total. The van der Waals surface area contributed by atoms with E-state index in [4.69, 9.17) is 4.74 Å². The van der Waals surface area contributed by atoms with Crippen LogP contribution in [-0.4, -0.2) is 38.1 Å². The van der Waals surface area contributed by atoms with Crippen molar-refractivity contribution in [1.82, 2.24) is 4.72 Å². The Labute approximate surface area is 206 Å². The Morgan fingerprint density at radius 2 is 1.61 bits per heavy atom. The predicted molar refractivity (Wildman–Crippen MR) is 126 cm³/mol. The Kier molecular flexibility index (Phi) is 6.31. The number of hydrogen-bond donors (Lipinski definition) is 2. The minimum Gasteiger partial charge on any atom is -0.487 e. The van der Waals surface area contributed by atoms with E-state index < -0.39 is 40.3 Å². The molecule has 190 valence electrons. The third kappa shape index (κ3) is 4.86. The second kappa shape index (κ2) is 9.30. The lowest BCUT2D eigenvalue weighted by Crippen LogP contribution is -2.47. The number of aliphatic hydroxyl groups is 1. The zero-order valence-corrected chi connectivity index (χ0v) is 19.7. The molecule has 1 fully saturated rings. The first kappa shape index (κ1) is 24.4. The van der Waals surface area contributed by atoms with Gasteiger partial charge >= 0.3 is 6.36 Å². The van der Waals surface area contributed by atoms with Gasteiger partial charge in [0.2, 0.25) is 10.0 Å². The highest BCUT2D eigenvalue weighted by atomic mass is 32.2. The molecular weight excluding hydrogens is 497 g/mol. The van der Waals surface area contributed by atoms with E-state index in [2.05, 4.69) is 9.46 Å². The number of halogens is 3. The highest BCUT2D eigenvalue weighted by molar-refractivity contribution is 7.89. The summed E-state index contributed by atoms with van der Waals surface area (Å²) in [7, 11) is -4.11. The maximum Gasteiger partial charge on any atom is 0.573 e. The lowest BCUT2D eigenvalue weighted by molar-refractivity contribution is -0.274. The van der Waals surface area contributed by atoms with Crippen molar-refractivity contribution in [1.29, 1.82) is 0 Å². The number of nitrogens with zero attached hydrogens (tertiary/aromatic N) is 1. The van der Waals surface area contributed by atoms with Crippen LogP contribution in [0.4, 0.5) is 24.5 Å². The van der Waals surface area contributed by atoms with E-state index >= 15 is 0 Å². The van der Waals surface area contributed by atoms with Crippen molar-refractivity contribution in [2.75, 3.05) is 4.90 Å². The molecule has 0 aromatic heterocycles. The van der Waals surface area contributed by atoms with E-state index in [0.717, 1.165) is 41.2 Å². The number of fused-ring (bicyclic) bond motifs is 2. The van der Waals surface area contributed by atoms with Gasteiger partial charge in [-0.3, -0.25) is 0 Å². The fourth-order valence-corrected chi connectivity index (χ4v) is 6.03. The highest BCUT2D eigenvalue weighted by Crippen LogP contribution is 2.44. The molecule has 5 rings (SSSR count). The standard InChI is InChI=1S/C25H23F3N2O5S/c26-25(27,28)35-17-9-11-18(12-10-17)36(32,33)29-19-13-14-22(24(19)31)30-20-6-2-1-5-16(20)15-34-23-8-4-3-7-21(23)30/h1-12,19,22,24,29,31H,13-15H2/t19-,22+,24+/m1/s1. The number of rotatable bonds is 5. The number of hydrogen-bond acceptors (Lipinski definition) is 6. The molecule has 3 aromatic carbocycles. The van der Waals surface area contributed by atoms with Crippen LogP contribution in [0.25, 0.3) is 0 Å². The van der Waals surface area contributed by atoms with Gasteiger partial charge in [0.1, 0.15) is 18.1 Å². The number of benzene rings is 3. The van der Waals surface area contributed by atoms with E-state index in [1.54, 1.807) is 0 Å². The second-order valence-electron chi connectivity index (χ2n) is 8.64. The fraction of sp³-hybridized carbons (Fsp3) is 0.280. The van der Waals surface area contributed by atoms with Crippen molar-refractivity contribution in [3.05, 3.63) is 78.4 Å². The number of nitrogens with one attached hydrogen (secondary N) is 1. The van der Waals surface area contributed by atoms with E-state index in [1.807, 2.05) is 53.4 Å². The van der Waals surface area contributed by atoms with Crippen LogP contribution in [0.1, 0.15) is 18.4 Å². The van der Waals surface area contributed by atoms with Crippen molar-refractivity contribution in [2.45, 2.75) is 48.9 Å². The largest absolute Gasteiger partial charge is 0.573 e. The van der Waals surface area contributed by atoms with Crippen LogP contribution in [0.2, 0.25) is 0 Å². The summed E-state index contributed by atoms with van der Waals surface area (Å²) in [5, 5.41) is 11.3. The van der Waals surface area contributed by atoms with E-state index in [1.165, 1.54) is 0 Å². The van der Waals surface area contributed by atoms with Crippen LogP contribution in [0.15, 0.2) is 77.7 Å². The van der Waals surface area contributed by atoms with Gasteiger partial charge in [-0.2, -0.15) is 0 Å². The highest BCUT2D eigenvalue weighted by Gasteiger charge is 2.42. The second-order valence-corrected chi connectivity index (χ2v) is 10.4. The molecule has 1 heterocycles. The van der Waals surface area contributed by atoms with Gasteiger partial charge in [-0.1, -0.05) is 30.3 Å². The van der Waals surface area contributed by atoms with Gasteiger partial charge in [-0.15, -0.1) is 13.2 Å². The first-order valence-electron chi connectivity index (χ1n) is 11.3. The van der Waals surface area contributed by atoms with Crippen molar-refractivity contribution < 1.29 is 36.2 Å². The molecule has 1 aliphatic carbocycles. The minimum absolute atomic E-state index is 0.230. The topological polar surface area (TPSA) is 88.1 Å². The molecule has 1 aliphatic heterocycles. The summed E-state index contributed by atoms with van der Waals surface area (Å²) in [6.07, 6.45) is -5.08. The summed E-state index contributed by atoms with van der Waals surface area (Å²) in [5.74, 6) is 0.134. The first-order valence-corrected chi connectivity index (χ1v) is 12.8. The lowest BCUT2D eigenvalue weighted by atomic mass is 10.1. The van der Waals surface area contributed by atoms with Gasteiger partial charge in [0.15, 0.2) is 0 Å². The Balaban J connectivity index is 1.39. The summed E-state index contributed by atoms with van der Waals surface area (Å²) < 4.78 is 75.4. The predicted octanol–water partition coefficient (Wildman–Crippen LogP) is 4.49. The Hall–Kier alpha value is -3.28. The maximum absolute atomic E-state index is 12.9. The molecule has 3 atom stereocenters. The number of aliphatic hydroxyl groups excluding tert-OH is 1. The van der Waals surface area contributed by atoms with Gasteiger partial charge in [0.05, 0.1) is 28.8 Å². The molecule has 0 spiro atoms. The molecule has 0 radical (unpaired) electrons. The molecule has 7 nitrogen and oxygen atoms in total. The number of ether oxygens (including phenoxy) is 2. The summed E-state index contributed by atoms with van der Waals surface area (Å²) in [6.45, 7) is 0.358. The summed E-state index contributed by atoms with van der Waals surface area (Å²) in [4.78, 5) is 1.77. The van der Waals surface area contributed by atoms with Crippen molar-refractivity contribution in [3.8, 4) is 11.5 Å². The zero-order chi connectivity index (χ0) is 25.5. The van der Waals surface area contributed by atoms with Crippen LogP contribution in [-0.2, 0) is 16.6 Å². The molecule has 0 bridgehead atoms. The van der Waals surface area contributed by atoms with E-state index in [0.29, 0.717) is 25.2 Å². The van der Waals surface area contributed by atoms with Gasteiger partial charge in [-0.05, 0) is 55.3 Å². The average molecular weight is 521 g/mol. The number of para-hydroxylation sites is 3. The Bertz CT molecular complexity index is 1300. The number of alkyl halides is 3. The van der Waals surface area contributed by atoms with Gasteiger partial charge in [0, 0.05) is 11.3 Å². The van der Waals surface area contributed by atoms with Crippen molar-refractivity contribution >= 4 is 21.4 Å². The molecule has 0 amide bonds. The third-order valence-corrected chi connectivity index (χ3v) is 7.85. The van der Waals surface area contributed by atoms with Gasteiger partial charge in [0.25, 0.3) is 0 Å². The van der Waals surface area contributed by atoms with Gasteiger partial charge < -0.3 is 19.5 Å².